The van der Waals surface area contributed by atoms with E-state index in [2.05, 4.69) is 13.8 Å². The third-order valence-electron chi connectivity index (χ3n) is 3.16. The van der Waals surface area contributed by atoms with Gasteiger partial charge in [0.05, 0.1) is 12.2 Å². The van der Waals surface area contributed by atoms with Gasteiger partial charge in [-0.1, -0.05) is 26.7 Å². The van der Waals surface area contributed by atoms with Gasteiger partial charge in [0.1, 0.15) is 0 Å². The van der Waals surface area contributed by atoms with Crippen molar-refractivity contribution in [3.8, 4) is 0 Å². The topological polar surface area (TPSA) is 29.5 Å². The van der Waals surface area contributed by atoms with Crippen LogP contribution >= 0.6 is 0 Å². The van der Waals surface area contributed by atoms with Gasteiger partial charge < -0.3 is 9.84 Å². The maximum Gasteiger partial charge on any atom is 0.0577 e. The van der Waals surface area contributed by atoms with Crippen LogP contribution in [0.3, 0.4) is 0 Å². The van der Waals surface area contributed by atoms with Crippen LogP contribution in [-0.2, 0) is 4.74 Å². The highest BCUT2D eigenvalue weighted by atomic mass is 16.5. The van der Waals surface area contributed by atoms with Gasteiger partial charge in [-0.2, -0.15) is 0 Å². The van der Waals surface area contributed by atoms with Crippen LogP contribution in [0.25, 0.3) is 0 Å². The largest absolute Gasteiger partial charge is 0.393 e. The lowest BCUT2D eigenvalue weighted by molar-refractivity contribution is 0.0779. The molecule has 1 saturated heterocycles. The first-order chi connectivity index (χ1) is 7.18. The summed E-state index contributed by atoms with van der Waals surface area (Å²) in [4.78, 5) is 0. The Morgan fingerprint density at radius 1 is 1.27 bits per heavy atom. The van der Waals surface area contributed by atoms with Crippen molar-refractivity contribution in [3.63, 3.8) is 0 Å². The van der Waals surface area contributed by atoms with Gasteiger partial charge in [-0.05, 0) is 38.0 Å². The van der Waals surface area contributed by atoms with Crippen molar-refractivity contribution in [2.24, 2.45) is 5.92 Å². The van der Waals surface area contributed by atoms with E-state index in [0.717, 1.165) is 38.2 Å². The molecule has 2 heteroatoms. The Hall–Kier alpha value is -0.0800. The summed E-state index contributed by atoms with van der Waals surface area (Å²) in [5.74, 6) is 0.760. The summed E-state index contributed by atoms with van der Waals surface area (Å²) in [5, 5.41) is 9.77. The first kappa shape index (κ1) is 13.0. The first-order valence-electron chi connectivity index (χ1n) is 6.48. The molecule has 0 saturated carbocycles. The van der Waals surface area contributed by atoms with Gasteiger partial charge in [-0.15, -0.1) is 0 Å². The third kappa shape index (κ3) is 6.16. The maximum absolute atomic E-state index is 9.77. The van der Waals surface area contributed by atoms with E-state index in [1.165, 1.54) is 19.3 Å². The van der Waals surface area contributed by atoms with Crippen molar-refractivity contribution in [3.05, 3.63) is 0 Å². The van der Waals surface area contributed by atoms with Crippen LogP contribution < -0.4 is 0 Å². The number of ether oxygens (including phenoxy) is 1. The first-order valence-corrected chi connectivity index (χ1v) is 6.48. The molecule has 2 nitrogen and oxygen atoms in total. The molecule has 0 aromatic heterocycles. The molecule has 0 radical (unpaired) electrons. The normalized spacial score (nSPS) is 23.6. The highest BCUT2D eigenvalue weighted by Gasteiger charge is 2.16. The molecule has 90 valence electrons. The summed E-state index contributed by atoms with van der Waals surface area (Å²) in [6.45, 7) is 5.39. The fourth-order valence-electron chi connectivity index (χ4n) is 2.16. The summed E-state index contributed by atoms with van der Waals surface area (Å²) in [7, 11) is 0. The summed E-state index contributed by atoms with van der Waals surface area (Å²) >= 11 is 0. The van der Waals surface area contributed by atoms with Gasteiger partial charge in [0, 0.05) is 6.61 Å². The van der Waals surface area contributed by atoms with E-state index in [9.17, 15) is 5.11 Å². The molecular weight excluding hydrogens is 188 g/mol. The molecule has 1 aliphatic rings. The zero-order valence-electron chi connectivity index (χ0n) is 10.2. The van der Waals surface area contributed by atoms with Crippen LogP contribution in [0.1, 0.15) is 58.8 Å². The van der Waals surface area contributed by atoms with E-state index in [1.54, 1.807) is 0 Å². The monoisotopic (exact) mass is 214 g/mol. The van der Waals surface area contributed by atoms with Crippen molar-refractivity contribution >= 4 is 0 Å². The van der Waals surface area contributed by atoms with Gasteiger partial charge in [0.2, 0.25) is 0 Å². The lowest BCUT2D eigenvalue weighted by atomic mass is 10.0. The van der Waals surface area contributed by atoms with Crippen molar-refractivity contribution in [1.82, 2.24) is 0 Å². The number of hydrogen-bond acceptors (Lipinski definition) is 2. The zero-order chi connectivity index (χ0) is 11.1. The van der Waals surface area contributed by atoms with E-state index in [1.807, 2.05) is 0 Å². The predicted octanol–water partition coefficient (Wildman–Crippen LogP) is 3.13. The molecule has 0 aliphatic carbocycles. The average molecular weight is 214 g/mol. The van der Waals surface area contributed by atoms with Crippen LogP contribution in [-0.4, -0.2) is 23.9 Å². The molecule has 1 heterocycles. The number of aliphatic hydroxyl groups is 1. The minimum atomic E-state index is -0.104. The van der Waals surface area contributed by atoms with Gasteiger partial charge in [-0.3, -0.25) is 0 Å². The van der Waals surface area contributed by atoms with Crippen LogP contribution in [0, 0.1) is 5.92 Å². The fraction of sp³-hybridized carbons (Fsp3) is 1.00. The lowest BCUT2D eigenvalue weighted by Gasteiger charge is -2.14. The number of hydrogen-bond donors (Lipinski definition) is 1. The Morgan fingerprint density at radius 3 is 2.67 bits per heavy atom. The van der Waals surface area contributed by atoms with Crippen molar-refractivity contribution in [2.45, 2.75) is 71.0 Å². The van der Waals surface area contributed by atoms with E-state index in [0.29, 0.717) is 6.10 Å². The maximum atomic E-state index is 9.77. The van der Waals surface area contributed by atoms with Crippen LogP contribution in [0.4, 0.5) is 0 Å². The molecule has 0 spiro atoms. The molecule has 0 aromatic rings. The predicted molar refractivity (Wildman–Crippen MR) is 62.9 cm³/mol. The van der Waals surface area contributed by atoms with E-state index in [4.69, 9.17) is 4.74 Å². The highest BCUT2D eigenvalue weighted by Crippen LogP contribution is 2.19. The molecule has 0 aromatic carbocycles. The van der Waals surface area contributed by atoms with Crippen LogP contribution in [0.5, 0.6) is 0 Å². The Kier molecular flexibility index (Phi) is 6.26. The zero-order valence-corrected chi connectivity index (χ0v) is 10.2. The Balaban J connectivity index is 1.95. The minimum absolute atomic E-state index is 0.104. The summed E-state index contributed by atoms with van der Waals surface area (Å²) in [5.41, 5.74) is 0. The molecule has 15 heavy (non-hydrogen) atoms. The molecule has 1 aliphatic heterocycles. The van der Waals surface area contributed by atoms with Gasteiger partial charge in [0.25, 0.3) is 0 Å². The molecule has 2 atom stereocenters. The lowest BCUT2D eigenvalue weighted by Crippen LogP contribution is -2.12. The molecular formula is C13H26O2. The smallest absolute Gasteiger partial charge is 0.0577 e. The Bertz CT molecular complexity index is 151. The second-order valence-electron chi connectivity index (χ2n) is 5.19. The molecule has 1 fully saturated rings. The molecule has 1 rings (SSSR count). The van der Waals surface area contributed by atoms with Crippen LogP contribution in [0.15, 0.2) is 0 Å². The Labute approximate surface area is 94.0 Å². The highest BCUT2D eigenvalue weighted by molar-refractivity contribution is 4.67. The van der Waals surface area contributed by atoms with Gasteiger partial charge in [-0.25, -0.2) is 0 Å². The second kappa shape index (κ2) is 7.24. The number of aliphatic hydroxyl groups excluding tert-OH is 1. The van der Waals surface area contributed by atoms with Crippen molar-refractivity contribution in [2.75, 3.05) is 6.61 Å². The fourth-order valence-corrected chi connectivity index (χ4v) is 2.16. The average Bonchev–Trinajstić information content (AvgIpc) is 2.66. The standard InChI is InChI=1S/C13H26O2/c1-11(2)5-3-6-12(14)8-9-13-7-4-10-15-13/h11-14H,3-10H2,1-2H3. The van der Waals surface area contributed by atoms with E-state index >= 15 is 0 Å². The Morgan fingerprint density at radius 2 is 2.07 bits per heavy atom. The van der Waals surface area contributed by atoms with Gasteiger partial charge in [0.15, 0.2) is 0 Å². The summed E-state index contributed by atoms with van der Waals surface area (Å²) in [6, 6.07) is 0. The summed E-state index contributed by atoms with van der Waals surface area (Å²) in [6.07, 6.45) is 8.04. The molecule has 2 unspecified atom stereocenters. The third-order valence-corrected chi connectivity index (χ3v) is 3.16. The molecule has 0 bridgehead atoms. The molecule has 1 N–H and O–H groups in total. The molecule has 0 amide bonds. The minimum Gasteiger partial charge on any atom is -0.393 e. The second-order valence-corrected chi connectivity index (χ2v) is 5.19. The van der Waals surface area contributed by atoms with Crippen LogP contribution in [0.2, 0.25) is 0 Å². The number of rotatable bonds is 7. The van der Waals surface area contributed by atoms with Gasteiger partial charge >= 0.3 is 0 Å². The summed E-state index contributed by atoms with van der Waals surface area (Å²) < 4.78 is 5.53. The van der Waals surface area contributed by atoms with Crippen molar-refractivity contribution in [1.29, 1.82) is 0 Å². The van der Waals surface area contributed by atoms with E-state index < -0.39 is 0 Å². The quantitative estimate of drug-likeness (QED) is 0.705. The van der Waals surface area contributed by atoms with Crippen molar-refractivity contribution < 1.29 is 9.84 Å². The SMILES string of the molecule is CC(C)CCCC(O)CCC1CCCO1. The van der Waals surface area contributed by atoms with E-state index in [-0.39, 0.29) is 6.10 Å².